The van der Waals surface area contributed by atoms with Gasteiger partial charge in [-0.25, -0.2) is 4.79 Å². The Morgan fingerprint density at radius 1 is 1.08 bits per heavy atom. The van der Waals surface area contributed by atoms with Crippen LogP contribution in [0.5, 0.6) is 0 Å². The van der Waals surface area contributed by atoms with Gasteiger partial charge in [-0.1, -0.05) is 48.9 Å². The Labute approximate surface area is 154 Å². The first-order valence-electron chi connectivity index (χ1n) is 9.34. The Kier molecular flexibility index (Phi) is 5.30. The lowest BCUT2D eigenvalue weighted by molar-refractivity contribution is 0.0489. The van der Waals surface area contributed by atoms with Crippen molar-refractivity contribution in [3.8, 4) is 0 Å². The van der Waals surface area contributed by atoms with Gasteiger partial charge in [-0.05, 0) is 50.3 Å². The van der Waals surface area contributed by atoms with Crippen molar-refractivity contribution in [2.75, 3.05) is 0 Å². The summed E-state index contributed by atoms with van der Waals surface area (Å²) < 4.78 is 5.36. The molecular weight excluding hydrogens is 326 g/mol. The fourth-order valence-electron chi connectivity index (χ4n) is 3.75. The van der Waals surface area contributed by atoms with Gasteiger partial charge < -0.3 is 10.1 Å². The maximum atomic E-state index is 12.9. The molecule has 1 amide bonds. The number of benzene rings is 2. The third kappa shape index (κ3) is 4.43. The SMILES string of the molecule is CC(C)(C)OC(=O)N[C@@H]1CCC[C@@H]1CC(=O)c1cccc2ccccc12. The summed E-state index contributed by atoms with van der Waals surface area (Å²) in [5.41, 5.74) is 0.253. The van der Waals surface area contributed by atoms with Crippen molar-refractivity contribution in [2.24, 2.45) is 5.92 Å². The van der Waals surface area contributed by atoms with Crippen LogP contribution in [-0.4, -0.2) is 23.5 Å². The average molecular weight is 353 g/mol. The van der Waals surface area contributed by atoms with Gasteiger partial charge in [0.05, 0.1) is 0 Å². The number of fused-ring (bicyclic) bond motifs is 1. The van der Waals surface area contributed by atoms with Gasteiger partial charge in [0.1, 0.15) is 5.60 Å². The largest absolute Gasteiger partial charge is 0.444 e. The van der Waals surface area contributed by atoms with E-state index < -0.39 is 11.7 Å². The van der Waals surface area contributed by atoms with Gasteiger partial charge in [0.2, 0.25) is 0 Å². The second-order valence-electron chi connectivity index (χ2n) is 8.10. The van der Waals surface area contributed by atoms with Crippen molar-refractivity contribution in [1.29, 1.82) is 0 Å². The smallest absolute Gasteiger partial charge is 0.407 e. The van der Waals surface area contributed by atoms with E-state index in [1.54, 1.807) is 0 Å². The van der Waals surface area contributed by atoms with E-state index in [9.17, 15) is 9.59 Å². The number of ether oxygens (including phenoxy) is 1. The van der Waals surface area contributed by atoms with Crippen molar-refractivity contribution >= 4 is 22.6 Å². The Bertz CT molecular complexity index is 801. The minimum absolute atomic E-state index is 0.00350. The van der Waals surface area contributed by atoms with Gasteiger partial charge >= 0.3 is 6.09 Å². The van der Waals surface area contributed by atoms with E-state index in [1.807, 2.05) is 63.2 Å². The van der Waals surface area contributed by atoms with E-state index >= 15 is 0 Å². The summed E-state index contributed by atoms with van der Waals surface area (Å²) in [6.07, 6.45) is 2.93. The number of ketones is 1. The number of amides is 1. The molecule has 0 saturated heterocycles. The standard InChI is InChI=1S/C22H27NO3/c1-22(2,3)26-21(25)23-19-13-7-10-16(19)14-20(24)18-12-6-9-15-8-4-5-11-17(15)18/h4-6,8-9,11-12,16,19H,7,10,13-14H2,1-3H3,(H,23,25)/t16-,19-/m1/s1. The monoisotopic (exact) mass is 353 g/mol. The molecule has 26 heavy (non-hydrogen) atoms. The molecule has 138 valence electrons. The lowest BCUT2D eigenvalue weighted by Crippen LogP contribution is -2.41. The van der Waals surface area contributed by atoms with Crippen LogP contribution >= 0.6 is 0 Å². The second kappa shape index (κ2) is 7.48. The number of hydrogen-bond acceptors (Lipinski definition) is 3. The van der Waals surface area contributed by atoms with Gasteiger partial charge in [0.25, 0.3) is 0 Å². The summed E-state index contributed by atoms with van der Waals surface area (Å²) in [6, 6.07) is 13.8. The van der Waals surface area contributed by atoms with Crippen molar-refractivity contribution < 1.29 is 14.3 Å². The Hall–Kier alpha value is -2.36. The minimum Gasteiger partial charge on any atom is -0.444 e. The van der Waals surface area contributed by atoms with Crippen LogP contribution in [0.2, 0.25) is 0 Å². The molecule has 0 heterocycles. The summed E-state index contributed by atoms with van der Waals surface area (Å²) in [4.78, 5) is 25.0. The maximum absolute atomic E-state index is 12.9. The van der Waals surface area contributed by atoms with Gasteiger partial charge in [-0.2, -0.15) is 0 Å². The molecule has 1 fully saturated rings. The molecule has 0 unspecified atom stereocenters. The van der Waals surface area contributed by atoms with E-state index in [4.69, 9.17) is 4.74 Å². The first kappa shape index (κ1) is 18.4. The summed E-state index contributed by atoms with van der Waals surface area (Å²) in [6.45, 7) is 5.55. The molecule has 4 heteroatoms. The summed E-state index contributed by atoms with van der Waals surface area (Å²) >= 11 is 0. The fourth-order valence-corrected chi connectivity index (χ4v) is 3.75. The quantitative estimate of drug-likeness (QED) is 0.778. The minimum atomic E-state index is -0.517. The molecule has 0 aromatic heterocycles. The molecule has 2 atom stereocenters. The Morgan fingerprint density at radius 2 is 1.81 bits per heavy atom. The maximum Gasteiger partial charge on any atom is 0.407 e. The van der Waals surface area contributed by atoms with E-state index in [2.05, 4.69) is 5.32 Å². The number of nitrogens with one attached hydrogen (secondary N) is 1. The normalized spacial score (nSPS) is 20.1. The zero-order chi connectivity index (χ0) is 18.7. The number of carbonyl (C=O) groups is 2. The van der Waals surface area contributed by atoms with Crippen LogP contribution in [0, 0.1) is 5.92 Å². The zero-order valence-electron chi connectivity index (χ0n) is 15.7. The highest BCUT2D eigenvalue weighted by Crippen LogP contribution is 2.31. The van der Waals surface area contributed by atoms with E-state index in [1.165, 1.54) is 0 Å². The molecule has 1 saturated carbocycles. The third-order valence-electron chi connectivity index (χ3n) is 4.90. The topological polar surface area (TPSA) is 55.4 Å². The highest BCUT2D eigenvalue weighted by molar-refractivity contribution is 6.08. The average Bonchev–Trinajstić information content (AvgIpc) is 2.99. The predicted molar refractivity (Wildman–Crippen MR) is 103 cm³/mol. The molecule has 0 aliphatic heterocycles. The highest BCUT2D eigenvalue weighted by Gasteiger charge is 2.32. The van der Waals surface area contributed by atoms with Gasteiger partial charge in [-0.15, -0.1) is 0 Å². The van der Waals surface area contributed by atoms with Crippen LogP contribution in [0.4, 0.5) is 4.79 Å². The fraction of sp³-hybridized carbons (Fsp3) is 0.455. The van der Waals surface area contributed by atoms with Crippen LogP contribution in [0.15, 0.2) is 42.5 Å². The highest BCUT2D eigenvalue weighted by atomic mass is 16.6. The molecule has 3 rings (SSSR count). The zero-order valence-corrected chi connectivity index (χ0v) is 15.7. The number of Topliss-reactive ketones (excluding diaryl/α,β-unsaturated/α-hetero) is 1. The number of carbonyl (C=O) groups excluding carboxylic acids is 2. The molecule has 0 radical (unpaired) electrons. The molecule has 2 aromatic rings. The molecule has 0 bridgehead atoms. The van der Waals surface area contributed by atoms with E-state index in [0.717, 1.165) is 35.6 Å². The van der Waals surface area contributed by atoms with Crippen molar-refractivity contribution in [3.63, 3.8) is 0 Å². The van der Waals surface area contributed by atoms with Gasteiger partial charge in [-0.3, -0.25) is 4.79 Å². The summed E-state index contributed by atoms with van der Waals surface area (Å²) in [5, 5.41) is 5.04. The van der Waals surface area contributed by atoms with Crippen molar-refractivity contribution in [1.82, 2.24) is 5.32 Å². The van der Waals surface area contributed by atoms with Crippen molar-refractivity contribution in [3.05, 3.63) is 48.0 Å². The van der Waals surface area contributed by atoms with Gasteiger partial charge in [0.15, 0.2) is 5.78 Å². The Morgan fingerprint density at radius 3 is 2.58 bits per heavy atom. The number of rotatable bonds is 4. The van der Waals surface area contributed by atoms with Crippen LogP contribution in [0.25, 0.3) is 10.8 Å². The number of hydrogen-bond donors (Lipinski definition) is 1. The molecule has 1 N–H and O–H groups in total. The first-order chi connectivity index (χ1) is 12.3. The van der Waals surface area contributed by atoms with E-state index in [0.29, 0.717) is 6.42 Å². The predicted octanol–water partition coefficient (Wildman–Crippen LogP) is 5.11. The van der Waals surface area contributed by atoms with E-state index in [-0.39, 0.29) is 17.7 Å². The summed E-state index contributed by atoms with van der Waals surface area (Å²) in [7, 11) is 0. The summed E-state index contributed by atoms with van der Waals surface area (Å²) in [5.74, 6) is 0.304. The molecule has 0 spiro atoms. The van der Waals surface area contributed by atoms with Crippen LogP contribution in [0.3, 0.4) is 0 Å². The molecule has 1 aliphatic carbocycles. The number of alkyl carbamates (subject to hydrolysis) is 1. The third-order valence-corrected chi connectivity index (χ3v) is 4.90. The Balaban J connectivity index is 1.69. The lowest BCUT2D eigenvalue weighted by atomic mass is 9.92. The molecule has 2 aromatic carbocycles. The second-order valence-corrected chi connectivity index (χ2v) is 8.10. The van der Waals surface area contributed by atoms with Crippen LogP contribution in [-0.2, 0) is 4.74 Å². The molecule has 4 nitrogen and oxygen atoms in total. The molecular formula is C22H27NO3. The first-order valence-corrected chi connectivity index (χ1v) is 9.34. The van der Waals surface area contributed by atoms with Gasteiger partial charge in [0, 0.05) is 18.0 Å². The van der Waals surface area contributed by atoms with Crippen molar-refractivity contribution in [2.45, 2.75) is 58.1 Å². The van der Waals surface area contributed by atoms with Crippen LogP contribution < -0.4 is 5.32 Å². The molecule has 1 aliphatic rings. The lowest BCUT2D eigenvalue weighted by Gasteiger charge is -2.24. The van der Waals surface area contributed by atoms with Crippen LogP contribution in [0.1, 0.15) is 56.8 Å².